The van der Waals surface area contributed by atoms with Gasteiger partial charge in [-0.1, -0.05) is 59.3 Å². The van der Waals surface area contributed by atoms with E-state index < -0.39 is 78.0 Å². The highest BCUT2D eigenvalue weighted by atomic mass is 31.2. The van der Waals surface area contributed by atoms with E-state index in [1.54, 1.807) is 0 Å². The molecule has 0 aromatic heterocycles. The minimum Gasteiger partial charge on any atom is -0.455 e. The highest BCUT2D eigenvalue weighted by Crippen LogP contribution is 2.51. The summed E-state index contributed by atoms with van der Waals surface area (Å²) >= 11 is 0. The van der Waals surface area contributed by atoms with Crippen LogP contribution in [-0.2, 0) is 55.9 Å². The lowest BCUT2D eigenvalue weighted by Gasteiger charge is -2.47. The first-order chi connectivity index (χ1) is 20.8. The lowest BCUT2D eigenvalue weighted by Crippen LogP contribution is -2.67. The van der Waals surface area contributed by atoms with E-state index in [4.69, 9.17) is 23.3 Å². The lowest BCUT2D eigenvalue weighted by molar-refractivity contribution is -0.241. The molecule has 0 aliphatic heterocycles. The zero-order valence-electron chi connectivity index (χ0n) is 25.4. The third kappa shape index (κ3) is 16.9. The minimum absolute atomic E-state index is 0.241. The molecule has 0 bridgehead atoms. The van der Waals surface area contributed by atoms with Crippen LogP contribution in [0, 0.1) is 0 Å². The maximum atomic E-state index is 12.9. The van der Waals surface area contributed by atoms with Gasteiger partial charge in [-0.05, 0) is 19.3 Å². The van der Waals surface area contributed by atoms with Gasteiger partial charge in [-0.2, -0.15) is 0 Å². The van der Waals surface area contributed by atoms with Crippen molar-refractivity contribution in [1.82, 2.24) is 0 Å². The van der Waals surface area contributed by atoms with Gasteiger partial charge in [0.25, 0.3) is 0 Å². The number of hydrogen-bond acceptors (Lipinski definition) is 12. The van der Waals surface area contributed by atoms with Crippen LogP contribution in [0.25, 0.3) is 0 Å². The summed E-state index contributed by atoms with van der Waals surface area (Å²) in [6, 6.07) is 0. The summed E-state index contributed by atoms with van der Waals surface area (Å²) < 4.78 is 66.5. The molecule has 264 valence electrons. The largest absolute Gasteiger partial charge is 0.470 e. The van der Waals surface area contributed by atoms with E-state index >= 15 is 0 Å². The van der Waals surface area contributed by atoms with Crippen LogP contribution in [0.4, 0.5) is 0 Å². The van der Waals surface area contributed by atoms with Crippen LogP contribution in [0.1, 0.15) is 97.8 Å². The molecule has 6 atom stereocenters. The molecule has 21 heteroatoms. The second kappa shape index (κ2) is 19.5. The Morgan fingerprint density at radius 1 is 0.444 bits per heavy atom. The average molecular weight is 715 g/mol. The molecule has 0 aromatic rings. The van der Waals surface area contributed by atoms with Crippen molar-refractivity contribution in [2.75, 3.05) is 0 Å². The predicted octanol–water partition coefficient (Wildman–Crippen LogP) is 2.91. The number of rotatable bonds is 21. The van der Waals surface area contributed by atoms with Crippen LogP contribution in [0.5, 0.6) is 0 Å². The molecule has 0 radical (unpaired) electrons. The van der Waals surface area contributed by atoms with Gasteiger partial charge in [-0.25, -0.2) is 13.7 Å². The molecule has 0 spiro atoms. The predicted molar refractivity (Wildman–Crippen MR) is 153 cm³/mol. The van der Waals surface area contributed by atoms with E-state index in [0.29, 0.717) is 44.9 Å². The van der Waals surface area contributed by atoms with Crippen molar-refractivity contribution >= 4 is 41.4 Å². The van der Waals surface area contributed by atoms with Gasteiger partial charge in [-0.15, -0.1) is 0 Å². The zero-order chi connectivity index (χ0) is 34.4. The van der Waals surface area contributed by atoms with Crippen molar-refractivity contribution in [2.45, 2.75) is 134 Å². The Labute approximate surface area is 261 Å². The summed E-state index contributed by atoms with van der Waals surface area (Å²) in [6.45, 7) is 5.54. The quantitative estimate of drug-likeness (QED) is 0.0431. The SMILES string of the molecule is CCCCCC(=O)OC1[C@@H](OC(=O)CCCCC)[C@@H](OP(=O)(O)O)C(OP(=O)(O)O)[C@H](OP(=O)(O)O)[C@H]1OC(=O)CCCCC. The molecular weight excluding hydrogens is 669 g/mol. The summed E-state index contributed by atoms with van der Waals surface area (Å²) in [7, 11) is -17.1. The molecule has 0 saturated heterocycles. The first-order valence-corrected chi connectivity index (χ1v) is 19.2. The van der Waals surface area contributed by atoms with Crippen molar-refractivity contribution in [1.29, 1.82) is 0 Å². The van der Waals surface area contributed by atoms with Gasteiger partial charge in [-0.3, -0.25) is 28.0 Å². The van der Waals surface area contributed by atoms with Crippen LogP contribution in [0.3, 0.4) is 0 Å². The van der Waals surface area contributed by atoms with Gasteiger partial charge in [0, 0.05) is 19.3 Å². The maximum absolute atomic E-state index is 12.9. The molecule has 1 aliphatic rings. The van der Waals surface area contributed by atoms with Gasteiger partial charge in [0.1, 0.15) is 18.3 Å². The fourth-order valence-corrected chi connectivity index (χ4v) is 6.22. The molecule has 6 N–H and O–H groups in total. The van der Waals surface area contributed by atoms with E-state index in [0.717, 1.165) is 0 Å². The number of phosphoric acid groups is 3. The average Bonchev–Trinajstić information content (AvgIpc) is 2.88. The van der Waals surface area contributed by atoms with Gasteiger partial charge in [0.2, 0.25) is 0 Å². The Kier molecular flexibility index (Phi) is 18.1. The van der Waals surface area contributed by atoms with Crippen LogP contribution in [0.15, 0.2) is 0 Å². The van der Waals surface area contributed by atoms with E-state index in [9.17, 15) is 57.4 Å². The summed E-state index contributed by atoms with van der Waals surface area (Å²) in [4.78, 5) is 96.7. The fraction of sp³-hybridized carbons (Fsp3) is 0.875. The maximum Gasteiger partial charge on any atom is 0.470 e. The highest BCUT2D eigenvalue weighted by Gasteiger charge is 2.62. The molecule has 1 fully saturated rings. The van der Waals surface area contributed by atoms with Gasteiger partial charge >= 0.3 is 41.4 Å². The molecule has 2 unspecified atom stereocenters. The van der Waals surface area contributed by atoms with Crippen molar-refractivity contribution in [3.8, 4) is 0 Å². The van der Waals surface area contributed by atoms with Crippen LogP contribution < -0.4 is 0 Å². The second-order valence-corrected chi connectivity index (χ2v) is 14.0. The van der Waals surface area contributed by atoms with Gasteiger partial charge in [0.15, 0.2) is 18.3 Å². The molecule has 0 heterocycles. The molecule has 18 nitrogen and oxygen atoms in total. The standard InChI is InChI=1S/C24H45O18P3/c1-4-7-10-13-16(25)37-19-20(38-17(26)14-11-8-5-2)22(40-43(28,29)30)24(42-45(34,35)36)23(41-44(31,32)33)21(19)39-18(27)15-12-9-6-3/h19-24H,4-15H2,1-3H3,(H2,28,29,30)(H2,31,32,33)(H2,34,35,36)/t19?,20-,21+,22-,23-,24?/m1/s1. The number of esters is 3. The van der Waals surface area contributed by atoms with Crippen LogP contribution in [-0.4, -0.2) is 83.9 Å². The summed E-state index contributed by atoms with van der Waals surface area (Å²) in [6.07, 6.45) is -10.1. The number of carbonyl (C=O) groups excluding carboxylic acids is 3. The third-order valence-corrected chi connectivity index (χ3v) is 8.03. The van der Waals surface area contributed by atoms with Gasteiger partial charge < -0.3 is 43.6 Å². The van der Waals surface area contributed by atoms with Gasteiger partial charge in [0.05, 0.1) is 0 Å². The number of carbonyl (C=O) groups is 3. The summed E-state index contributed by atoms with van der Waals surface area (Å²) in [5, 5.41) is 0. The topological polar surface area (TPSA) is 279 Å². The number of unbranched alkanes of at least 4 members (excludes halogenated alkanes) is 6. The smallest absolute Gasteiger partial charge is 0.455 e. The molecule has 0 amide bonds. The van der Waals surface area contributed by atoms with Crippen molar-refractivity contribution in [3.63, 3.8) is 0 Å². The Morgan fingerprint density at radius 2 is 0.667 bits per heavy atom. The van der Waals surface area contributed by atoms with Crippen molar-refractivity contribution in [3.05, 3.63) is 0 Å². The van der Waals surface area contributed by atoms with E-state index in [-0.39, 0.29) is 32.1 Å². The van der Waals surface area contributed by atoms with E-state index in [1.165, 1.54) is 0 Å². The zero-order valence-corrected chi connectivity index (χ0v) is 28.1. The highest BCUT2D eigenvalue weighted by molar-refractivity contribution is 7.47. The first kappa shape index (κ1) is 41.8. The number of ether oxygens (including phenoxy) is 3. The second-order valence-electron chi connectivity index (χ2n) is 10.4. The molecule has 1 aliphatic carbocycles. The molecular formula is C24H45O18P3. The molecule has 1 rings (SSSR count). The summed E-state index contributed by atoms with van der Waals surface area (Å²) in [5.74, 6) is -3.05. The molecule has 45 heavy (non-hydrogen) atoms. The Balaban J connectivity index is 3.88. The number of phosphoric ester groups is 3. The minimum atomic E-state index is -5.73. The fourth-order valence-electron chi connectivity index (χ4n) is 4.55. The van der Waals surface area contributed by atoms with Crippen LogP contribution >= 0.6 is 23.5 Å². The summed E-state index contributed by atoms with van der Waals surface area (Å²) in [5.41, 5.74) is 0. The van der Waals surface area contributed by atoms with Crippen LogP contribution in [0.2, 0.25) is 0 Å². The Hall–Kier alpha value is -1.26. The van der Waals surface area contributed by atoms with E-state index in [2.05, 4.69) is 4.52 Å². The van der Waals surface area contributed by atoms with Crippen molar-refractivity contribution < 1.29 is 85.2 Å². The first-order valence-electron chi connectivity index (χ1n) is 14.6. The Morgan fingerprint density at radius 3 is 0.889 bits per heavy atom. The molecule has 0 aromatic carbocycles. The monoisotopic (exact) mass is 714 g/mol. The lowest BCUT2D eigenvalue weighted by atomic mass is 9.84. The Bertz CT molecular complexity index is 1020. The number of hydrogen-bond donors (Lipinski definition) is 6. The van der Waals surface area contributed by atoms with E-state index in [1.807, 2.05) is 20.8 Å². The molecule has 1 saturated carbocycles. The normalized spacial score (nSPS) is 24.2. The van der Waals surface area contributed by atoms with Crippen molar-refractivity contribution in [2.24, 2.45) is 0 Å². The third-order valence-electron chi connectivity index (χ3n) is 6.48.